The predicted molar refractivity (Wildman–Crippen MR) is 25.9 cm³/mol. The first-order valence-electron chi connectivity index (χ1n) is 2.80. The second kappa shape index (κ2) is 1.01. The van der Waals surface area contributed by atoms with Crippen LogP contribution in [0.5, 0.6) is 0 Å². The molecule has 0 aromatic rings. The summed E-state index contributed by atoms with van der Waals surface area (Å²) in [4.78, 5) is 0. The fourth-order valence-electron chi connectivity index (χ4n) is 1.01. The molecular weight excluding hydrogens is 90.1 g/mol. The second-order valence-electron chi connectivity index (χ2n) is 2.27. The van der Waals surface area contributed by atoms with Crippen LogP contribution in [-0.4, -0.2) is 18.9 Å². The Balaban J connectivity index is 2.07. The molecule has 0 bridgehead atoms. The Morgan fingerprint density at radius 1 is 1.43 bits per heavy atom. The van der Waals surface area contributed by atoms with E-state index in [4.69, 9.17) is 4.74 Å². The molecule has 2 aliphatic rings. The molecule has 2 fully saturated rings. The van der Waals surface area contributed by atoms with Crippen molar-refractivity contribution in [3.63, 3.8) is 0 Å². The van der Waals surface area contributed by atoms with Gasteiger partial charge in [0.1, 0.15) is 5.72 Å². The first kappa shape index (κ1) is 3.87. The molecule has 1 heterocycles. The highest BCUT2D eigenvalue weighted by atomic mass is 16.5. The Morgan fingerprint density at radius 2 is 2.29 bits per heavy atom. The Labute approximate surface area is 42.9 Å². The molecule has 0 atom stereocenters. The molecule has 2 heteroatoms. The molecule has 1 aliphatic heterocycles. The molecule has 0 amide bonds. The van der Waals surface area contributed by atoms with Gasteiger partial charge in [0.05, 0.1) is 6.61 Å². The van der Waals surface area contributed by atoms with E-state index < -0.39 is 0 Å². The van der Waals surface area contributed by atoms with Crippen molar-refractivity contribution in [2.45, 2.75) is 18.6 Å². The molecule has 0 aromatic heterocycles. The lowest BCUT2D eigenvalue weighted by Crippen LogP contribution is -2.23. The summed E-state index contributed by atoms with van der Waals surface area (Å²) in [6.45, 7) is 1.97. The van der Waals surface area contributed by atoms with Gasteiger partial charge in [0.15, 0.2) is 0 Å². The van der Waals surface area contributed by atoms with Gasteiger partial charge in [-0.05, 0) is 12.8 Å². The first-order chi connectivity index (χ1) is 3.41. The van der Waals surface area contributed by atoms with E-state index in [1.165, 1.54) is 12.8 Å². The van der Waals surface area contributed by atoms with Crippen LogP contribution in [0.3, 0.4) is 0 Å². The molecule has 1 N–H and O–H groups in total. The summed E-state index contributed by atoms with van der Waals surface area (Å²) < 4.78 is 5.34. The van der Waals surface area contributed by atoms with Crippen molar-refractivity contribution in [3.05, 3.63) is 0 Å². The van der Waals surface area contributed by atoms with Crippen molar-refractivity contribution in [2.24, 2.45) is 0 Å². The molecule has 0 unspecified atom stereocenters. The maximum absolute atomic E-state index is 5.34. The van der Waals surface area contributed by atoms with Crippen molar-refractivity contribution >= 4 is 0 Å². The smallest absolute Gasteiger partial charge is 0.119 e. The standard InChI is InChI=1S/C5H9NO/c1-2-5(1)6-3-4-7-5/h6H,1-4H2. The van der Waals surface area contributed by atoms with Gasteiger partial charge in [-0.15, -0.1) is 0 Å². The zero-order chi connectivity index (χ0) is 4.74. The number of hydrogen-bond donors (Lipinski definition) is 1. The van der Waals surface area contributed by atoms with Crippen LogP contribution in [0.4, 0.5) is 0 Å². The van der Waals surface area contributed by atoms with Crippen LogP contribution in [0.25, 0.3) is 0 Å². The van der Waals surface area contributed by atoms with E-state index in [9.17, 15) is 0 Å². The van der Waals surface area contributed by atoms with Crippen molar-refractivity contribution in [3.8, 4) is 0 Å². The lowest BCUT2D eigenvalue weighted by atomic mass is 10.6. The fraction of sp³-hybridized carbons (Fsp3) is 1.00. The van der Waals surface area contributed by atoms with E-state index in [0.29, 0.717) is 0 Å². The van der Waals surface area contributed by atoms with E-state index in [2.05, 4.69) is 5.32 Å². The number of ether oxygens (including phenoxy) is 1. The van der Waals surface area contributed by atoms with Gasteiger partial charge in [0, 0.05) is 6.54 Å². The van der Waals surface area contributed by atoms with Gasteiger partial charge in [0.25, 0.3) is 0 Å². The van der Waals surface area contributed by atoms with E-state index >= 15 is 0 Å². The minimum atomic E-state index is 0.194. The summed E-state index contributed by atoms with van der Waals surface area (Å²) in [6, 6.07) is 0. The van der Waals surface area contributed by atoms with Gasteiger partial charge in [-0.3, -0.25) is 5.32 Å². The molecule has 2 nitrogen and oxygen atoms in total. The van der Waals surface area contributed by atoms with Gasteiger partial charge in [-0.25, -0.2) is 0 Å². The van der Waals surface area contributed by atoms with Crippen LogP contribution < -0.4 is 5.32 Å². The number of hydrogen-bond acceptors (Lipinski definition) is 2. The molecule has 0 aromatic carbocycles. The van der Waals surface area contributed by atoms with Gasteiger partial charge in [-0.2, -0.15) is 0 Å². The Morgan fingerprint density at radius 3 is 2.57 bits per heavy atom. The number of nitrogens with one attached hydrogen (secondary N) is 1. The SMILES string of the molecule is C1COC2(CC2)N1. The van der Waals surface area contributed by atoms with Crippen LogP contribution in [0.2, 0.25) is 0 Å². The summed E-state index contributed by atoms with van der Waals surface area (Å²) >= 11 is 0. The van der Waals surface area contributed by atoms with Gasteiger partial charge in [0.2, 0.25) is 0 Å². The molecule has 2 rings (SSSR count). The first-order valence-corrected chi connectivity index (χ1v) is 2.80. The van der Waals surface area contributed by atoms with Crippen molar-refractivity contribution in [2.75, 3.05) is 13.2 Å². The summed E-state index contributed by atoms with van der Waals surface area (Å²) in [5.74, 6) is 0. The fourth-order valence-corrected chi connectivity index (χ4v) is 1.01. The molecule has 7 heavy (non-hydrogen) atoms. The maximum atomic E-state index is 5.34. The highest BCUT2D eigenvalue weighted by molar-refractivity contribution is 4.95. The lowest BCUT2D eigenvalue weighted by Gasteiger charge is -2.01. The monoisotopic (exact) mass is 99.1 g/mol. The van der Waals surface area contributed by atoms with Crippen molar-refractivity contribution < 1.29 is 4.74 Å². The van der Waals surface area contributed by atoms with Crippen LogP contribution in [0.1, 0.15) is 12.8 Å². The quantitative estimate of drug-likeness (QED) is 0.465. The van der Waals surface area contributed by atoms with Gasteiger partial charge in [-0.1, -0.05) is 0 Å². The molecule has 1 aliphatic carbocycles. The highest BCUT2D eigenvalue weighted by Crippen LogP contribution is 2.38. The zero-order valence-corrected chi connectivity index (χ0v) is 4.24. The normalized spacial score (nSPS) is 34.3. The van der Waals surface area contributed by atoms with E-state index in [-0.39, 0.29) is 5.72 Å². The lowest BCUT2D eigenvalue weighted by molar-refractivity contribution is 0.0799. The third-order valence-corrected chi connectivity index (χ3v) is 1.63. The van der Waals surface area contributed by atoms with Gasteiger partial charge < -0.3 is 4.74 Å². The van der Waals surface area contributed by atoms with Gasteiger partial charge >= 0.3 is 0 Å². The molecule has 1 saturated carbocycles. The Hall–Kier alpha value is -0.0800. The summed E-state index contributed by atoms with van der Waals surface area (Å²) in [6.07, 6.45) is 2.46. The zero-order valence-electron chi connectivity index (χ0n) is 4.24. The summed E-state index contributed by atoms with van der Waals surface area (Å²) in [7, 11) is 0. The average molecular weight is 99.1 g/mol. The predicted octanol–water partition coefficient (Wildman–Crippen LogP) is 0.0963. The summed E-state index contributed by atoms with van der Waals surface area (Å²) in [5.41, 5.74) is 0.194. The third kappa shape index (κ3) is 0.469. The molecule has 1 spiro atoms. The highest BCUT2D eigenvalue weighted by Gasteiger charge is 2.46. The molecular formula is C5H9NO. The van der Waals surface area contributed by atoms with Crippen LogP contribution >= 0.6 is 0 Å². The largest absolute Gasteiger partial charge is 0.359 e. The van der Waals surface area contributed by atoms with E-state index in [1.54, 1.807) is 0 Å². The minimum absolute atomic E-state index is 0.194. The topological polar surface area (TPSA) is 21.3 Å². The third-order valence-electron chi connectivity index (χ3n) is 1.63. The van der Waals surface area contributed by atoms with E-state index in [1.807, 2.05) is 0 Å². The van der Waals surface area contributed by atoms with Crippen LogP contribution in [0, 0.1) is 0 Å². The van der Waals surface area contributed by atoms with E-state index in [0.717, 1.165) is 13.2 Å². The summed E-state index contributed by atoms with van der Waals surface area (Å²) in [5, 5.41) is 3.28. The van der Waals surface area contributed by atoms with Crippen molar-refractivity contribution in [1.29, 1.82) is 0 Å². The van der Waals surface area contributed by atoms with Crippen LogP contribution in [0.15, 0.2) is 0 Å². The minimum Gasteiger partial charge on any atom is -0.359 e. The average Bonchev–Trinajstić information content (AvgIpc) is 2.15. The Bertz CT molecular complexity index is 80.1. The second-order valence-corrected chi connectivity index (χ2v) is 2.27. The molecule has 1 saturated heterocycles. The van der Waals surface area contributed by atoms with Crippen molar-refractivity contribution in [1.82, 2.24) is 5.32 Å². The maximum Gasteiger partial charge on any atom is 0.119 e. The molecule has 0 radical (unpaired) electrons. The number of rotatable bonds is 0. The Kier molecular flexibility index (Phi) is 0.557. The van der Waals surface area contributed by atoms with Crippen LogP contribution in [-0.2, 0) is 4.74 Å². The molecule has 40 valence electrons.